The lowest BCUT2D eigenvalue weighted by Gasteiger charge is -2.07. The molecule has 0 aliphatic carbocycles. The van der Waals surface area contributed by atoms with Gasteiger partial charge in [-0.2, -0.15) is 0 Å². The maximum absolute atomic E-state index is 12.2. The van der Waals surface area contributed by atoms with E-state index in [-0.39, 0.29) is 17.3 Å². The van der Waals surface area contributed by atoms with Gasteiger partial charge in [-0.25, -0.2) is 13.1 Å². The van der Waals surface area contributed by atoms with E-state index in [2.05, 4.69) is 10.0 Å². The van der Waals surface area contributed by atoms with E-state index in [9.17, 15) is 13.2 Å². The highest BCUT2D eigenvalue weighted by Gasteiger charge is 2.14. The lowest BCUT2D eigenvalue weighted by Crippen LogP contribution is -2.23. The molecule has 1 aromatic carbocycles. The van der Waals surface area contributed by atoms with Crippen LogP contribution in [0.5, 0.6) is 0 Å². The third kappa shape index (κ3) is 4.71. The summed E-state index contributed by atoms with van der Waals surface area (Å²) < 4.78 is 37.1. The molecule has 0 saturated carbocycles. The van der Waals surface area contributed by atoms with E-state index in [1.165, 1.54) is 48.9 Å². The maximum atomic E-state index is 12.2. The third-order valence-corrected chi connectivity index (χ3v) is 4.81. The number of benzene rings is 1. The molecule has 0 aliphatic heterocycles. The molecule has 3 aromatic rings. The van der Waals surface area contributed by atoms with E-state index in [0.29, 0.717) is 17.2 Å². The van der Waals surface area contributed by atoms with E-state index in [1.54, 1.807) is 24.3 Å². The first-order valence-corrected chi connectivity index (χ1v) is 9.16. The first kappa shape index (κ1) is 17.7. The van der Waals surface area contributed by atoms with Crippen molar-refractivity contribution in [3.63, 3.8) is 0 Å². The topological polar surface area (TPSA) is 102 Å². The van der Waals surface area contributed by atoms with Crippen LogP contribution in [0, 0.1) is 0 Å². The van der Waals surface area contributed by atoms with Crippen molar-refractivity contribution in [2.24, 2.45) is 0 Å². The summed E-state index contributed by atoms with van der Waals surface area (Å²) in [6, 6.07) is 12.7. The van der Waals surface area contributed by atoms with Gasteiger partial charge in [-0.05, 0) is 54.6 Å². The van der Waals surface area contributed by atoms with Gasteiger partial charge in [0.2, 0.25) is 15.9 Å². The first-order valence-electron chi connectivity index (χ1n) is 7.68. The fourth-order valence-electron chi connectivity index (χ4n) is 2.11. The fourth-order valence-corrected chi connectivity index (χ4v) is 3.10. The molecule has 0 radical (unpaired) electrons. The highest BCUT2D eigenvalue weighted by atomic mass is 32.2. The number of carbonyl (C=O) groups is 1. The highest BCUT2D eigenvalue weighted by Crippen LogP contribution is 2.15. The van der Waals surface area contributed by atoms with Crippen molar-refractivity contribution in [3.05, 3.63) is 78.7 Å². The summed E-state index contributed by atoms with van der Waals surface area (Å²) >= 11 is 0. The van der Waals surface area contributed by atoms with E-state index in [0.717, 1.165) is 0 Å². The maximum Gasteiger partial charge on any atom is 0.248 e. The second kappa shape index (κ2) is 7.85. The Kier molecular flexibility index (Phi) is 5.35. The van der Waals surface area contributed by atoms with Crippen molar-refractivity contribution in [1.82, 2.24) is 4.72 Å². The first-order chi connectivity index (χ1) is 12.5. The van der Waals surface area contributed by atoms with E-state index in [1.807, 2.05) is 0 Å². The number of hydrogen-bond acceptors (Lipinski definition) is 5. The van der Waals surface area contributed by atoms with Crippen LogP contribution in [0.3, 0.4) is 0 Å². The number of anilines is 1. The molecule has 26 heavy (non-hydrogen) atoms. The normalized spacial score (nSPS) is 11.7. The molecular weight excluding hydrogens is 356 g/mol. The van der Waals surface area contributed by atoms with Gasteiger partial charge in [-0.3, -0.25) is 4.79 Å². The molecule has 8 heteroatoms. The number of rotatable bonds is 7. The number of furan rings is 2. The molecule has 7 nitrogen and oxygen atoms in total. The second-order valence-electron chi connectivity index (χ2n) is 5.27. The van der Waals surface area contributed by atoms with Crippen molar-refractivity contribution < 1.29 is 22.0 Å². The minimum atomic E-state index is -3.67. The van der Waals surface area contributed by atoms with Gasteiger partial charge in [0.1, 0.15) is 11.5 Å². The van der Waals surface area contributed by atoms with Gasteiger partial charge in [-0.15, -0.1) is 0 Å². The number of hydrogen-bond donors (Lipinski definition) is 2. The summed E-state index contributed by atoms with van der Waals surface area (Å²) in [5.74, 6) is 0.720. The highest BCUT2D eigenvalue weighted by molar-refractivity contribution is 7.89. The van der Waals surface area contributed by atoms with Gasteiger partial charge in [0, 0.05) is 11.8 Å². The predicted octanol–water partition coefficient (Wildman–Crippen LogP) is 3.00. The molecule has 134 valence electrons. The molecule has 2 aromatic heterocycles. The number of amides is 1. The average Bonchev–Trinajstić information content (AvgIpc) is 3.32. The van der Waals surface area contributed by atoms with Crippen molar-refractivity contribution in [2.45, 2.75) is 11.4 Å². The Morgan fingerprint density at radius 2 is 1.73 bits per heavy atom. The standard InChI is InChI=1S/C18H16N2O5S/c21-18(10-7-15-3-1-11-24-15)20-14-5-8-17(9-6-14)26(22,23)19-13-16-4-2-12-25-16/h1-12,19H,13H2,(H,20,21). The molecular formula is C18H16N2O5S. The smallest absolute Gasteiger partial charge is 0.248 e. The number of carbonyl (C=O) groups excluding carboxylic acids is 1. The van der Waals surface area contributed by atoms with Crippen molar-refractivity contribution in [3.8, 4) is 0 Å². The van der Waals surface area contributed by atoms with Crippen LogP contribution in [0.15, 0.2) is 80.9 Å². The second-order valence-corrected chi connectivity index (χ2v) is 7.03. The van der Waals surface area contributed by atoms with E-state index >= 15 is 0 Å². The van der Waals surface area contributed by atoms with Gasteiger partial charge in [0.05, 0.1) is 24.0 Å². The van der Waals surface area contributed by atoms with E-state index < -0.39 is 10.0 Å². The molecule has 0 fully saturated rings. The lowest BCUT2D eigenvalue weighted by molar-refractivity contribution is -0.111. The monoisotopic (exact) mass is 372 g/mol. The minimum Gasteiger partial charge on any atom is -0.468 e. The van der Waals surface area contributed by atoms with Crippen LogP contribution in [-0.2, 0) is 21.4 Å². The molecule has 0 bridgehead atoms. The summed E-state index contributed by atoms with van der Waals surface area (Å²) in [5, 5.41) is 2.64. The van der Waals surface area contributed by atoms with E-state index in [4.69, 9.17) is 8.83 Å². The van der Waals surface area contributed by atoms with Crippen LogP contribution in [0.2, 0.25) is 0 Å². The Morgan fingerprint density at radius 3 is 2.38 bits per heavy atom. The van der Waals surface area contributed by atoms with Crippen molar-refractivity contribution in [1.29, 1.82) is 0 Å². The molecule has 0 atom stereocenters. The Labute approximate surface area is 150 Å². The van der Waals surface area contributed by atoms with Crippen molar-refractivity contribution >= 4 is 27.7 Å². The molecule has 0 unspecified atom stereocenters. The van der Waals surface area contributed by atoms with Gasteiger partial charge in [0.25, 0.3) is 0 Å². The van der Waals surface area contributed by atoms with Gasteiger partial charge in [-0.1, -0.05) is 0 Å². The SMILES string of the molecule is O=C(C=Cc1ccco1)Nc1ccc(S(=O)(=O)NCc2ccco2)cc1. The Hall–Kier alpha value is -3.10. The average molecular weight is 372 g/mol. The van der Waals surface area contributed by atoms with Gasteiger partial charge < -0.3 is 14.2 Å². The zero-order chi connectivity index (χ0) is 18.4. The molecule has 2 heterocycles. The lowest BCUT2D eigenvalue weighted by atomic mass is 10.3. The molecule has 0 saturated heterocycles. The number of sulfonamides is 1. The Morgan fingerprint density at radius 1 is 1.00 bits per heavy atom. The largest absolute Gasteiger partial charge is 0.468 e. The predicted molar refractivity (Wildman–Crippen MR) is 95.5 cm³/mol. The van der Waals surface area contributed by atoms with Gasteiger partial charge >= 0.3 is 0 Å². The van der Waals surface area contributed by atoms with Crippen LogP contribution < -0.4 is 10.0 Å². The van der Waals surface area contributed by atoms with Crippen LogP contribution in [-0.4, -0.2) is 14.3 Å². The summed E-state index contributed by atoms with van der Waals surface area (Å²) in [4.78, 5) is 11.9. The summed E-state index contributed by atoms with van der Waals surface area (Å²) in [5.41, 5.74) is 0.476. The molecule has 3 rings (SSSR count). The molecule has 1 amide bonds. The molecule has 2 N–H and O–H groups in total. The summed E-state index contributed by atoms with van der Waals surface area (Å²) in [6.07, 6.45) is 5.85. The quantitative estimate of drug-likeness (QED) is 0.621. The fraction of sp³-hybridized carbons (Fsp3) is 0.0556. The van der Waals surface area contributed by atoms with Crippen LogP contribution in [0.4, 0.5) is 5.69 Å². The minimum absolute atomic E-state index is 0.0609. The Balaban J connectivity index is 1.59. The van der Waals surface area contributed by atoms with Crippen LogP contribution in [0.25, 0.3) is 6.08 Å². The Bertz CT molecular complexity index is 973. The molecule has 0 spiro atoms. The van der Waals surface area contributed by atoms with Crippen molar-refractivity contribution in [2.75, 3.05) is 5.32 Å². The molecule has 0 aliphatic rings. The van der Waals surface area contributed by atoms with Gasteiger partial charge in [0.15, 0.2) is 0 Å². The summed E-state index contributed by atoms with van der Waals surface area (Å²) in [7, 11) is -3.67. The summed E-state index contributed by atoms with van der Waals surface area (Å²) in [6.45, 7) is 0.0609. The van der Waals surface area contributed by atoms with Crippen LogP contribution >= 0.6 is 0 Å². The number of nitrogens with one attached hydrogen (secondary N) is 2. The zero-order valence-electron chi connectivity index (χ0n) is 13.6. The zero-order valence-corrected chi connectivity index (χ0v) is 14.4. The van der Waals surface area contributed by atoms with Crippen LogP contribution in [0.1, 0.15) is 11.5 Å². The third-order valence-electron chi connectivity index (χ3n) is 3.39.